The summed E-state index contributed by atoms with van der Waals surface area (Å²) in [5.74, 6) is -1.23. The quantitative estimate of drug-likeness (QED) is 0.0510. The highest BCUT2D eigenvalue weighted by Crippen LogP contribution is 2.30. The van der Waals surface area contributed by atoms with Crippen molar-refractivity contribution in [3.05, 3.63) is 108 Å². The van der Waals surface area contributed by atoms with Gasteiger partial charge in [0.1, 0.15) is 19.1 Å². The summed E-state index contributed by atoms with van der Waals surface area (Å²) in [4.78, 5) is 35.8. The fourth-order valence-corrected chi connectivity index (χ4v) is 4.33. The molecule has 0 saturated carbocycles. The zero-order valence-electron chi connectivity index (χ0n) is 30.1. The van der Waals surface area contributed by atoms with Crippen molar-refractivity contribution >= 4 is 30.3 Å². The molecule has 298 valence electrons. The zero-order valence-corrected chi connectivity index (χ0v) is 30.1. The number of carbonyl (C=O) groups excluding carboxylic acids is 3. The first-order valence-electron chi connectivity index (χ1n) is 15.8. The highest BCUT2D eigenvalue weighted by atomic mass is 19.1. The van der Waals surface area contributed by atoms with E-state index in [2.05, 4.69) is 73.4 Å². The van der Waals surface area contributed by atoms with Crippen LogP contribution in [-0.4, -0.2) is 63.5 Å². The van der Waals surface area contributed by atoms with Crippen molar-refractivity contribution in [3.8, 4) is 11.5 Å². The van der Waals surface area contributed by atoms with Gasteiger partial charge in [0.05, 0.1) is 7.11 Å². The van der Waals surface area contributed by atoms with Crippen LogP contribution in [0, 0.1) is 18.7 Å². The topological polar surface area (TPSA) is 179 Å². The van der Waals surface area contributed by atoms with Crippen LogP contribution in [0.15, 0.2) is 73.8 Å². The van der Waals surface area contributed by atoms with E-state index >= 15 is 0 Å². The van der Waals surface area contributed by atoms with Crippen molar-refractivity contribution in [1.29, 1.82) is 0 Å². The lowest BCUT2D eigenvalue weighted by Crippen LogP contribution is -2.09. The molecule has 1 aliphatic rings. The predicted molar refractivity (Wildman–Crippen MR) is 219 cm³/mol. The van der Waals surface area contributed by atoms with Gasteiger partial charge >= 0.3 is 0 Å². The van der Waals surface area contributed by atoms with Crippen LogP contribution in [0.3, 0.4) is 0 Å². The molecular weight excluding hydrogens is 667 g/mol. The number of hydrogen-bond acceptors (Lipinski definition) is 10. The SMILES string of the molecule is C.C.C1CCNC1.C=C.C=O.C=O.COCC(C)C.COc1ccc(OO)c(C(=O)c2ccc(CN)cc2)c1F.Cc1cc2ccc(CN)cc2[nH]1.[HH].[HH].[HH]. The van der Waals surface area contributed by atoms with Crippen molar-refractivity contribution in [2.45, 2.75) is 61.6 Å². The monoisotopic (exact) mass is 737 g/mol. The lowest BCUT2D eigenvalue weighted by molar-refractivity contribution is -0.138. The first-order valence-corrected chi connectivity index (χ1v) is 15.8. The molecule has 7 N–H and O–H groups in total. The van der Waals surface area contributed by atoms with Crippen LogP contribution in [-0.2, 0) is 27.4 Å². The maximum Gasteiger partial charge on any atom is 0.200 e. The molecule has 11 nitrogen and oxygen atoms in total. The molecule has 0 radical (unpaired) electrons. The fraction of sp³-hybridized carbons (Fsp3) is 0.375. The van der Waals surface area contributed by atoms with Crippen LogP contribution in [0.4, 0.5) is 4.39 Å². The van der Waals surface area contributed by atoms with Gasteiger partial charge in [0.25, 0.3) is 0 Å². The molecule has 0 amide bonds. The number of hydrogen-bond donors (Lipinski definition) is 5. The second-order valence-corrected chi connectivity index (χ2v) is 10.7. The molecule has 0 aliphatic carbocycles. The molecule has 3 aromatic carbocycles. The number of ketones is 1. The summed E-state index contributed by atoms with van der Waals surface area (Å²) in [7, 11) is 3.00. The Morgan fingerprint density at radius 2 is 1.40 bits per heavy atom. The van der Waals surface area contributed by atoms with Crippen molar-refractivity contribution in [1.82, 2.24) is 10.3 Å². The molecule has 52 heavy (non-hydrogen) atoms. The standard InChI is InChI=1S/C15H14FNO4.C10H12N2.C5H12O.C4H9N.C2H4.2CH2O.2CH4.3H2/c1-20-12-7-6-11(21-19)13(14(12)16)15(18)10-4-2-9(8-17)3-5-10;1-7-4-9-3-2-8(6-11)5-10(9)12-7;1-5(2)4-6-3;1-2-4-5-3-1;3*1-2;;;;;/h2-7,19H,8,17H2,1H3;2-5,12H,6,11H2,1H3;5H,4H2,1-3H3;5H,1-4H2;1-2H2;2*1H2;2*1H4;3*1H. The minimum atomic E-state index is -0.892. The van der Waals surface area contributed by atoms with Crippen molar-refractivity contribution < 1.29 is 42.7 Å². The van der Waals surface area contributed by atoms with Crippen LogP contribution >= 0.6 is 0 Å². The van der Waals surface area contributed by atoms with Crippen molar-refractivity contribution in [2.24, 2.45) is 17.4 Å². The molecule has 12 heteroatoms. The van der Waals surface area contributed by atoms with E-state index < -0.39 is 17.2 Å². The number of benzene rings is 3. The lowest BCUT2D eigenvalue weighted by Gasteiger charge is -2.10. The van der Waals surface area contributed by atoms with E-state index in [1.165, 1.54) is 79.5 Å². The number of carbonyl (C=O) groups is 3. The van der Waals surface area contributed by atoms with Crippen LogP contribution in [0.5, 0.6) is 11.5 Å². The summed E-state index contributed by atoms with van der Waals surface area (Å²) >= 11 is 0. The fourth-order valence-electron chi connectivity index (χ4n) is 4.33. The minimum absolute atomic E-state index is 0. The Hall–Kier alpha value is -4.72. The third-order valence-corrected chi connectivity index (χ3v) is 6.58. The minimum Gasteiger partial charge on any atom is -0.494 e. The van der Waals surface area contributed by atoms with Crippen LogP contribution < -0.4 is 26.4 Å². The smallest absolute Gasteiger partial charge is 0.200 e. The number of H-pyrrole nitrogens is 1. The zero-order chi connectivity index (χ0) is 38.5. The summed E-state index contributed by atoms with van der Waals surface area (Å²) in [6, 6.07) is 17.3. The Balaban J connectivity index is -0.000000116. The van der Waals surface area contributed by atoms with Gasteiger partial charge in [-0.1, -0.05) is 65.1 Å². The van der Waals surface area contributed by atoms with Gasteiger partial charge in [-0.3, -0.25) is 4.79 Å². The molecule has 0 unspecified atom stereocenters. The second-order valence-electron chi connectivity index (χ2n) is 10.7. The Morgan fingerprint density at radius 1 is 0.885 bits per heavy atom. The molecular formula is C40H69FN4O7. The average molecular weight is 737 g/mol. The van der Waals surface area contributed by atoms with Gasteiger partial charge in [0.2, 0.25) is 0 Å². The number of aromatic nitrogens is 1. The third kappa shape index (κ3) is 19.6. The first kappa shape index (κ1) is 54.1. The maximum absolute atomic E-state index is 14.2. The number of nitrogens with one attached hydrogen (secondary N) is 2. The van der Waals surface area contributed by atoms with Crippen LogP contribution in [0.25, 0.3) is 10.9 Å². The van der Waals surface area contributed by atoms with Crippen LogP contribution in [0.2, 0.25) is 0 Å². The van der Waals surface area contributed by atoms with E-state index in [1.807, 2.05) is 13.6 Å². The summed E-state index contributed by atoms with van der Waals surface area (Å²) in [6.07, 6.45) is 2.78. The summed E-state index contributed by atoms with van der Waals surface area (Å²) in [5, 5.41) is 13.3. The predicted octanol–water partition coefficient (Wildman–Crippen LogP) is 8.41. The molecule has 0 atom stereocenters. The number of aromatic amines is 1. The number of nitrogens with two attached hydrogens (primary N) is 2. The Bertz CT molecular complexity index is 1480. The van der Waals surface area contributed by atoms with Gasteiger partial charge in [-0.25, -0.2) is 9.65 Å². The van der Waals surface area contributed by atoms with Crippen molar-refractivity contribution in [3.63, 3.8) is 0 Å². The molecule has 1 fully saturated rings. The summed E-state index contributed by atoms with van der Waals surface area (Å²) < 4.78 is 23.9. The van der Waals surface area contributed by atoms with Gasteiger partial charge < -0.3 is 45.7 Å². The number of halogens is 1. The van der Waals surface area contributed by atoms with E-state index in [4.69, 9.17) is 35.8 Å². The Labute approximate surface area is 314 Å². The molecule has 0 spiro atoms. The molecule has 1 aromatic heterocycles. The number of methoxy groups -OCH3 is 2. The third-order valence-electron chi connectivity index (χ3n) is 6.58. The van der Waals surface area contributed by atoms with Gasteiger partial charge in [0, 0.05) is 47.9 Å². The first-order chi connectivity index (χ1) is 24.2. The lowest BCUT2D eigenvalue weighted by atomic mass is 10.0. The highest BCUT2D eigenvalue weighted by molar-refractivity contribution is 6.11. The Kier molecular flexibility index (Phi) is 34.8. The molecule has 1 saturated heterocycles. The number of rotatable bonds is 8. The van der Waals surface area contributed by atoms with Gasteiger partial charge in [-0.15, -0.1) is 13.2 Å². The largest absolute Gasteiger partial charge is 0.494 e. The van der Waals surface area contributed by atoms with E-state index in [0.717, 1.165) is 12.2 Å². The van der Waals surface area contributed by atoms with Gasteiger partial charge in [0.15, 0.2) is 23.1 Å². The highest BCUT2D eigenvalue weighted by Gasteiger charge is 2.23. The van der Waals surface area contributed by atoms with Crippen molar-refractivity contribution in [2.75, 3.05) is 33.9 Å². The summed E-state index contributed by atoms with van der Waals surface area (Å²) in [5.41, 5.74) is 15.3. The number of ether oxygens (including phenoxy) is 2. The normalized spacial score (nSPS) is 10.3. The van der Waals surface area contributed by atoms with Gasteiger partial charge in [-0.05, 0) is 79.6 Å². The second kappa shape index (κ2) is 33.4. The number of aryl methyl sites for hydroxylation is 1. The molecule has 5 rings (SSSR count). The molecule has 1 aliphatic heterocycles. The Morgan fingerprint density at radius 3 is 1.81 bits per heavy atom. The molecule has 4 aromatic rings. The van der Waals surface area contributed by atoms with E-state index in [-0.39, 0.29) is 36.2 Å². The van der Waals surface area contributed by atoms with E-state index in [0.29, 0.717) is 19.0 Å². The number of fused-ring (bicyclic) bond motifs is 1. The van der Waals surface area contributed by atoms with Gasteiger partial charge in [-0.2, -0.15) is 0 Å². The molecule has 0 bridgehead atoms. The van der Waals surface area contributed by atoms with E-state index in [9.17, 15) is 9.18 Å². The maximum atomic E-state index is 14.2. The summed E-state index contributed by atoms with van der Waals surface area (Å²) in [6.45, 7) is 20.6. The van der Waals surface area contributed by atoms with E-state index in [1.54, 1.807) is 19.2 Å². The molecule has 2 heterocycles. The average Bonchev–Trinajstić information content (AvgIpc) is 3.87. The van der Waals surface area contributed by atoms with Crippen LogP contribution in [0.1, 0.15) is 78.6 Å².